The number of nitrogens with one attached hydrogen (secondary N) is 1. The Kier molecular flexibility index (Phi) is 7.62. The van der Waals surface area contributed by atoms with Gasteiger partial charge in [0, 0.05) is 31.2 Å². The van der Waals surface area contributed by atoms with Crippen molar-refractivity contribution in [2.24, 2.45) is 5.73 Å². The van der Waals surface area contributed by atoms with Gasteiger partial charge >= 0.3 is 11.9 Å². The molecule has 0 aliphatic rings. The Balaban J connectivity index is 2.24. The van der Waals surface area contributed by atoms with Crippen LogP contribution in [0.5, 0.6) is 0 Å². The van der Waals surface area contributed by atoms with Gasteiger partial charge in [0.15, 0.2) is 0 Å². The van der Waals surface area contributed by atoms with E-state index in [2.05, 4.69) is 10.3 Å². The van der Waals surface area contributed by atoms with Crippen molar-refractivity contribution in [1.29, 1.82) is 0 Å². The van der Waals surface area contributed by atoms with Gasteiger partial charge in [-0.2, -0.15) is 4.31 Å². The summed E-state index contributed by atoms with van der Waals surface area (Å²) in [6.45, 7) is 0.0624. The van der Waals surface area contributed by atoms with Crippen molar-refractivity contribution in [3.63, 3.8) is 0 Å². The lowest BCUT2D eigenvalue weighted by atomic mass is 10.0. The zero-order chi connectivity index (χ0) is 21.6. The van der Waals surface area contributed by atoms with Crippen molar-refractivity contribution in [3.8, 4) is 0 Å². The van der Waals surface area contributed by atoms with Crippen molar-refractivity contribution in [2.45, 2.75) is 19.0 Å². The number of hydrogen-bond acceptors (Lipinski definition) is 7. The van der Waals surface area contributed by atoms with Crippen LogP contribution in [-0.4, -0.2) is 71.8 Å². The first-order valence-corrected chi connectivity index (χ1v) is 10.7. The normalized spacial score (nSPS) is 12.9. The number of benzene rings is 1. The van der Waals surface area contributed by atoms with Gasteiger partial charge in [-0.25, -0.2) is 8.42 Å². The van der Waals surface area contributed by atoms with E-state index < -0.39 is 28.0 Å². The van der Waals surface area contributed by atoms with E-state index in [-0.39, 0.29) is 32.6 Å². The van der Waals surface area contributed by atoms with Gasteiger partial charge in [0.05, 0.1) is 18.3 Å². The number of aliphatic carboxylic acids is 2. The molecule has 5 N–H and O–H groups in total. The molecule has 0 fully saturated rings. The molecule has 1 aromatic carbocycles. The van der Waals surface area contributed by atoms with Crippen molar-refractivity contribution in [1.82, 2.24) is 14.6 Å². The van der Waals surface area contributed by atoms with Crippen LogP contribution in [0.4, 0.5) is 0 Å². The average Bonchev–Trinajstić information content (AvgIpc) is 2.63. The monoisotopic (exact) mass is 424 g/mol. The summed E-state index contributed by atoms with van der Waals surface area (Å²) in [5, 5.41) is 21.1. The van der Waals surface area contributed by atoms with Crippen LogP contribution < -0.4 is 11.1 Å². The second kappa shape index (κ2) is 9.74. The second-order valence-corrected chi connectivity index (χ2v) is 8.63. The van der Waals surface area contributed by atoms with E-state index in [1.165, 1.54) is 4.31 Å². The van der Waals surface area contributed by atoms with Crippen LogP contribution >= 0.6 is 0 Å². The summed E-state index contributed by atoms with van der Waals surface area (Å²) >= 11 is 0. The van der Waals surface area contributed by atoms with Crippen LogP contribution in [0.2, 0.25) is 0 Å². The third kappa shape index (κ3) is 6.75. The fraction of sp³-hybridized carbons (Fsp3) is 0.389. The van der Waals surface area contributed by atoms with Gasteiger partial charge in [0.1, 0.15) is 6.04 Å². The van der Waals surface area contributed by atoms with E-state index in [1.54, 1.807) is 30.5 Å². The number of nitrogens with zero attached hydrogens (tertiary/aromatic N) is 2. The zero-order valence-corrected chi connectivity index (χ0v) is 16.7. The Labute approximate surface area is 168 Å². The van der Waals surface area contributed by atoms with Crippen molar-refractivity contribution >= 4 is 32.9 Å². The van der Waals surface area contributed by atoms with Crippen LogP contribution in [-0.2, 0) is 32.6 Å². The standard InChI is InChI=1S/C18H24N4O6S/c1-29(27,28)22(6-5-20-10-17(23)24)11-12-7-14-13(8-15(19)18(25)26)3-2-4-16(14)21-9-12/h2-4,7,9,15,20H,5-6,8,10-11,19H2,1H3,(H,23,24)(H,25,26)/t15-/m1/s1. The molecule has 1 aromatic heterocycles. The molecule has 0 bridgehead atoms. The molecule has 0 unspecified atom stereocenters. The molecule has 0 radical (unpaired) electrons. The molecule has 0 saturated carbocycles. The summed E-state index contributed by atoms with van der Waals surface area (Å²) < 4.78 is 25.4. The summed E-state index contributed by atoms with van der Waals surface area (Å²) in [5.74, 6) is -2.13. The SMILES string of the molecule is CS(=O)(=O)N(CCNCC(=O)O)Cc1cnc2cccc(C[C@@H](N)C(=O)O)c2c1. The van der Waals surface area contributed by atoms with E-state index in [0.29, 0.717) is 22.0 Å². The van der Waals surface area contributed by atoms with Crippen molar-refractivity contribution in [2.75, 3.05) is 25.9 Å². The number of nitrogens with two attached hydrogens (primary N) is 1. The third-order valence-electron chi connectivity index (χ3n) is 4.27. The highest BCUT2D eigenvalue weighted by molar-refractivity contribution is 7.88. The van der Waals surface area contributed by atoms with Gasteiger partial charge in [0.2, 0.25) is 10.0 Å². The maximum Gasteiger partial charge on any atom is 0.320 e. The summed E-state index contributed by atoms with van der Waals surface area (Å²) in [4.78, 5) is 26.0. The lowest BCUT2D eigenvalue weighted by Crippen LogP contribution is -2.37. The highest BCUT2D eigenvalue weighted by Gasteiger charge is 2.18. The van der Waals surface area contributed by atoms with Gasteiger partial charge in [-0.3, -0.25) is 14.6 Å². The molecule has 11 heteroatoms. The predicted molar refractivity (Wildman–Crippen MR) is 107 cm³/mol. The van der Waals surface area contributed by atoms with Gasteiger partial charge < -0.3 is 21.3 Å². The van der Waals surface area contributed by atoms with Gasteiger partial charge in [-0.1, -0.05) is 12.1 Å². The molecule has 1 heterocycles. The number of pyridine rings is 1. The minimum atomic E-state index is -3.54. The molecular formula is C18H24N4O6S. The quantitative estimate of drug-likeness (QED) is 0.352. The molecule has 2 aromatic rings. The van der Waals surface area contributed by atoms with Gasteiger partial charge in [0.25, 0.3) is 0 Å². The van der Waals surface area contributed by atoms with Crippen LogP contribution in [0.25, 0.3) is 10.9 Å². The van der Waals surface area contributed by atoms with Crippen molar-refractivity contribution in [3.05, 3.63) is 41.6 Å². The van der Waals surface area contributed by atoms with E-state index in [1.807, 2.05) is 0 Å². The molecule has 158 valence electrons. The van der Waals surface area contributed by atoms with E-state index in [9.17, 15) is 18.0 Å². The number of carboxylic acid groups (broad SMARTS) is 2. The molecule has 0 spiro atoms. The number of hydrogen-bond donors (Lipinski definition) is 4. The van der Waals surface area contributed by atoms with Crippen LogP contribution in [0.1, 0.15) is 11.1 Å². The third-order valence-corrected chi connectivity index (χ3v) is 5.52. The first-order chi connectivity index (χ1) is 13.6. The number of carboxylic acids is 2. The average molecular weight is 424 g/mol. The Bertz CT molecular complexity index is 995. The smallest absolute Gasteiger partial charge is 0.320 e. The molecule has 0 amide bonds. The fourth-order valence-electron chi connectivity index (χ4n) is 2.81. The first-order valence-electron chi connectivity index (χ1n) is 8.80. The van der Waals surface area contributed by atoms with Crippen LogP contribution in [0.15, 0.2) is 30.5 Å². The lowest BCUT2D eigenvalue weighted by molar-refractivity contribution is -0.138. The topological polar surface area (TPSA) is 163 Å². The Morgan fingerprint density at radius 3 is 2.66 bits per heavy atom. The number of carbonyl (C=O) groups is 2. The summed E-state index contributed by atoms with van der Waals surface area (Å²) in [6, 6.07) is 6.02. The molecule has 29 heavy (non-hydrogen) atoms. The van der Waals surface area contributed by atoms with Crippen molar-refractivity contribution < 1.29 is 28.2 Å². The highest BCUT2D eigenvalue weighted by atomic mass is 32.2. The van der Waals surface area contributed by atoms with E-state index >= 15 is 0 Å². The lowest BCUT2D eigenvalue weighted by Gasteiger charge is -2.20. The number of sulfonamides is 1. The van der Waals surface area contributed by atoms with E-state index in [0.717, 1.165) is 6.26 Å². The van der Waals surface area contributed by atoms with Gasteiger partial charge in [-0.15, -0.1) is 0 Å². The maximum absolute atomic E-state index is 12.1. The minimum Gasteiger partial charge on any atom is -0.480 e. The fourth-order valence-corrected chi connectivity index (χ4v) is 3.61. The van der Waals surface area contributed by atoms with Crippen LogP contribution in [0, 0.1) is 0 Å². The minimum absolute atomic E-state index is 0.0514. The zero-order valence-electron chi connectivity index (χ0n) is 15.9. The largest absolute Gasteiger partial charge is 0.480 e. The first kappa shape index (κ1) is 22.7. The highest BCUT2D eigenvalue weighted by Crippen LogP contribution is 2.21. The molecule has 0 saturated heterocycles. The Hall–Kier alpha value is -2.60. The molecular weight excluding hydrogens is 400 g/mol. The predicted octanol–water partition coefficient (Wildman–Crippen LogP) is -0.375. The van der Waals surface area contributed by atoms with Crippen LogP contribution in [0.3, 0.4) is 0 Å². The Morgan fingerprint density at radius 1 is 1.31 bits per heavy atom. The molecule has 10 nitrogen and oxygen atoms in total. The number of aromatic nitrogens is 1. The molecule has 0 aliphatic carbocycles. The molecule has 1 atom stereocenters. The molecule has 2 rings (SSSR count). The molecule has 0 aliphatic heterocycles. The Morgan fingerprint density at radius 2 is 2.03 bits per heavy atom. The summed E-state index contributed by atoms with van der Waals surface area (Å²) in [7, 11) is -3.54. The maximum atomic E-state index is 12.1. The number of fused-ring (bicyclic) bond motifs is 1. The van der Waals surface area contributed by atoms with Gasteiger partial charge in [-0.05, 0) is 29.7 Å². The summed E-state index contributed by atoms with van der Waals surface area (Å²) in [6.07, 6.45) is 2.76. The second-order valence-electron chi connectivity index (χ2n) is 6.64. The van der Waals surface area contributed by atoms with E-state index in [4.69, 9.17) is 15.9 Å². The number of rotatable bonds is 11. The summed E-state index contributed by atoms with van der Waals surface area (Å²) in [5.41, 5.74) is 7.63.